The quantitative estimate of drug-likeness (QED) is 0.813. The molecule has 4 nitrogen and oxygen atoms in total. The Hall–Kier alpha value is -1.54. The maximum absolute atomic E-state index is 12.2. The number of rotatable bonds is 2. The van der Waals surface area contributed by atoms with Crippen molar-refractivity contribution in [2.45, 2.75) is 18.9 Å². The summed E-state index contributed by atoms with van der Waals surface area (Å²) in [5, 5.41) is 3.43. The molecule has 1 amide bonds. The maximum atomic E-state index is 12.2. The molecule has 5 heteroatoms. The second-order valence-electron chi connectivity index (χ2n) is 5.02. The van der Waals surface area contributed by atoms with Crippen molar-refractivity contribution in [1.82, 2.24) is 5.32 Å². The van der Waals surface area contributed by atoms with Crippen LogP contribution in [0.2, 0.25) is 5.02 Å². The molecule has 0 aromatic heterocycles. The van der Waals surface area contributed by atoms with Gasteiger partial charge < -0.3 is 15.8 Å². The summed E-state index contributed by atoms with van der Waals surface area (Å²) in [6.07, 6.45) is 0.812. The lowest BCUT2D eigenvalue weighted by Crippen LogP contribution is -2.46. The van der Waals surface area contributed by atoms with Crippen molar-refractivity contribution in [3.63, 3.8) is 0 Å². The van der Waals surface area contributed by atoms with Gasteiger partial charge in [-0.05, 0) is 31.5 Å². The molecule has 1 atom stereocenters. The van der Waals surface area contributed by atoms with Crippen LogP contribution in [-0.2, 0) is 4.74 Å². The van der Waals surface area contributed by atoms with E-state index in [-0.39, 0.29) is 18.0 Å². The normalized spacial score (nSPS) is 21.1. The van der Waals surface area contributed by atoms with E-state index in [1.807, 2.05) is 6.92 Å². The lowest BCUT2D eigenvalue weighted by atomic mass is 10.0. The van der Waals surface area contributed by atoms with Gasteiger partial charge in [0.1, 0.15) is 0 Å². The highest BCUT2D eigenvalue weighted by Gasteiger charge is 2.31. The molecule has 3 N–H and O–H groups in total. The Kier molecular flexibility index (Phi) is 4.66. The van der Waals surface area contributed by atoms with Gasteiger partial charge in [0.15, 0.2) is 0 Å². The SMILES string of the molecule is CC1(NC(=O)c2ccc(C#CCN)c(Cl)c2)CCOC1. The van der Waals surface area contributed by atoms with Gasteiger partial charge in [-0.3, -0.25) is 4.79 Å². The van der Waals surface area contributed by atoms with Crippen LogP contribution in [0.1, 0.15) is 29.3 Å². The summed E-state index contributed by atoms with van der Waals surface area (Å²) < 4.78 is 5.31. The third kappa shape index (κ3) is 3.51. The first-order valence-corrected chi connectivity index (χ1v) is 6.81. The van der Waals surface area contributed by atoms with E-state index in [0.29, 0.717) is 29.4 Å². The summed E-state index contributed by atoms with van der Waals surface area (Å²) in [4.78, 5) is 12.2. The van der Waals surface area contributed by atoms with Crippen LogP contribution in [0.25, 0.3) is 0 Å². The van der Waals surface area contributed by atoms with Crippen molar-refractivity contribution in [3.8, 4) is 11.8 Å². The van der Waals surface area contributed by atoms with Gasteiger partial charge in [0.2, 0.25) is 0 Å². The van der Waals surface area contributed by atoms with Gasteiger partial charge in [0.05, 0.1) is 23.7 Å². The fraction of sp³-hybridized carbons (Fsp3) is 0.400. The van der Waals surface area contributed by atoms with Crippen LogP contribution in [0.3, 0.4) is 0 Å². The van der Waals surface area contributed by atoms with Crippen molar-refractivity contribution < 1.29 is 9.53 Å². The second-order valence-corrected chi connectivity index (χ2v) is 5.43. The van der Waals surface area contributed by atoms with Crippen LogP contribution in [0.15, 0.2) is 18.2 Å². The van der Waals surface area contributed by atoms with Crippen LogP contribution in [0.4, 0.5) is 0 Å². The topological polar surface area (TPSA) is 64.4 Å². The minimum Gasteiger partial charge on any atom is -0.379 e. The first-order chi connectivity index (χ1) is 9.54. The van der Waals surface area contributed by atoms with Crippen LogP contribution >= 0.6 is 11.6 Å². The van der Waals surface area contributed by atoms with Gasteiger partial charge in [-0.25, -0.2) is 0 Å². The Morgan fingerprint density at radius 2 is 2.40 bits per heavy atom. The Morgan fingerprint density at radius 1 is 1.60 bits per heavy atom. The van der Waals surface area contributed by atoms with Crippen molar-refractivity contribution >= 4 is 17.5 Å². The predicted octanol–water partition coefficient (Wildman–Crippen LogP) is 1.56. The monoisotopic (exact) mass is 292 g/mol. The van der Waals surface area contributed by atoms with Gasteiger partial charge in [-0.15, -0.1) is 0 Å². The van der Waals surface area contributed by atoms with Crippen molar-refractivity contribution in [3.05, 3.63) is 34.3 Å². The molecule has 0 saturated carbocycles. The van der Waals surface area contributed by atoms with E-state index in [1.165, 1.54) is 0 Å². The summed E-state index contributed by atoms with van der Waals surface area (Å²) in [5.41, 5.74) is 6.20. The summed E-state index contributed by atoms with van der Waals surface area (Å²) in [5.74, 6) is 5.44. The zero-order valence-corrected chi connectivity index (χ0v) is 12.1. The highest BCUT2D eigenvalue weighted by atomic mass is 35.5. The first-order valence-electron chi connectivity index (χ1n) is 6.43. The van der Waals surface area contributed by atoms with Crippen molar-refractivity contribution in [2.24, 2.45) is 5.73 Å². The molecule has 20 heavy (non-hydrogen) atoms. The van der Waals surface area contributed by atoms with E-state index in [2.05, 4.69) is 17.2 Å². The molecule has 1 aromatic carbocycles. The summed E-state index contributed by atoms with van der Waals surface area (Å²) in [6.45, 7) is 3.45. The summed E-state index contributed by atoms with van der Waals surface area (Å²) in [6, 6.07) is 5.06. The number of carbonyl (C=O) groups excluding carboxylic acids is 1. The van der Waals surface area contributed by atoms with Gasteiger partial charge in [-0.2, -0.15) is 0 Å². The molecule has 1 aliphatic rings. The number of hydrogen-bond acceptors (Lipinski definition) is 3. The largest absolute Gasteiger partial charge is 0.379 e. The Bertz CT molecular complexity index is 569. The van der Waals surface area contributed by atoms with E-state index in [9.17, 15) is 4.79 Å². The van der Waals surface area contributed by atoms with E-state index >= 15 is 0 Å². The number of benzene rings is 1. The highest BCUT2D eigenvalue weighted by molar-refractivity contribution is 6.32. The first kappa shape index (κ1) is 14.9. The van der Waals surface area contributed by atoms with E-state index in [4.69, 9.17) is 22.1 Å². The number of amides is 1. The number of halogens is 1. The maximum Gasteiger partial charge on any atom is 0.251 e. The third-order valence-electron chi connectivity index (χ3n) is 3.19. The Morgan fingerprint density at radius 3 is 3.00 bits per heavy atom. The average molecular weight is 293 g/mol. The number of nitrogens with two attached hydrogens (primary N) is 1. The molecular formula is C15H17ClN2O2. The second kappa shape index (κ2) is 6.27. The molecule has 1 heterocycles. The Balaban J connectivity index is 2.13. The smallest absolute Gasteiger partial charge is 0.251 e. The van der Waals surface area contributed by atoms with Gasteiger partial charge >= 0.3 is 0 Å². The number of nitrogens with one attached hydrogen (secondary N) is 1. The molecule has 0 spiro atoms. The zero-order chi connectivity index (χ0) is 14.6. The van der Waals surface area contributed by atoms with Crippen LogP contribution in [-0.4, -0.2) is 31.2 Å². The predicted molar refractivity (Wildman–Crippen MR) is 78.7 cm³/mol. The number of ether oxygens (including phenoxy) is 1. The molecular weight excluding hydrogens is 276 g/mol. The molecule has 106 valence electrons. The van der Waals surface area contributed by atoms with Crippen LogP contribution in [0, 0.1) is 11.8 Å². The number of hydrogen-bond donors (Lipinski definition) is 2. The average Bonchev–Trinajstić information content (AvgIpc) is 2.83. The van der Waals surface area contributed by atoms with Crippen molar-refractivity contribution in [1.29, 1.82) is 0 Å². The molecule has 1 fully saturated rings. The zero-order valence-electron chi connectivity index (χ0n) is 11.3. The number of carbonyl (C=O) groups is 1. The fourth-order valence-corrected chi connectivity index (χ4v) is 2.24. The molecule has 1 saturated heterocycles. The molecule has 0 aliphatic carbocycles. The van der Waals surface area contributed by atoms with Crippen molar-refractivity contribution in [2.75, 3.05) is 19.8 Å². The Labute approximate surface area is 123 Å². The van der Waals surface area contributed by atoms with Gasteiger partial charge in [0, 0.05) is 17.7 Å². The lowest BCUT2D eigenvalue weighted by Gasteiger charge is -2.23. The van der Waals surface area contributed by atoms with E-state index in [0.717, 1.165) is 6.42 Å². The fourth-order valence-electron chi connectivity index (χ4n) is 2.02. The van der Waals surface area contributed by atoms with E-state index < -0.39 is 0 Å². The molecule has 0 radical (unpaired) electrons. The van der Waals surface area contributed by atoms with Gasteiger partial charge in [-0.1, -0.05) is 23.4 Å². The molecule has 1 aromatic rings. The standard InChI is InChI=1S/C15H17ClN2O2/c1-15(6-8-20-10-15)18-14(19)12-5-4-11(3-2-7-17)13(16)9-12/h4-5,9H,6-8,10,17H2,1H3,(H,18,19). The van der Waals surface area contributed by atoms with Crippen LogP contribution in [0.5, 0.6) is 0 Å². The summed E-state index contributed by atoms with van der Waals surface area (Å²) in [7, 11) is 0. The molecule has 1 unspecified atom stereocenters. The van der Waals surface area contributed by atoms with E-state index in [1.54, 1.807) is 18.2 Å². The highest BCUT2D eigenvalue weighted by Crippen LogP contribution is 2.20. The third-order valence-corrected chi connectivity index (χ3v) is 3.50. The molecule has 2 rings (SSSR count). The van der Waals surface area contributed by atoms with Gasteiger partial charge in [0.25, 0.3) is 5.91 Å². The minimum atomic E-state index is -0.304. The lowest BCUT2D eigenvalue weighted by molar-refractivity contribution is 0.0890. The minimum absolute atomic E-state index is 0.154. The van der Waals surface area contributed by atoms with Crippen LogP contribution < -0.4 is 11.1 Å². The molecule has 0 bridgehead atoms. The molecule has 1 aliphatic heterocycles. The summed E-state index contributed by atoms with van der Waals surface area (Å²) >= 11 is 6.11.